The van der Waals surface area contributed by atoms with E-state index in [2.05, 4.69) is 18.3 Å². The zero-order valence-corrected chi connectivity index (χ0v) is 11.1. The molecule has 0 radical (unpaired) electrons. The van der Waals surface area contributed by atoms with Gasteiger partial charge < -0.3 is 5.32 Å². The molecule has 2 unspecified atom stereocenters. The van der Waals surface area contributed by atoms with Gasteiger partial charge in [-0.25, -0.2) is 0 Å². The van der Waals surface area contributed by atoms with E-state index in [1.807, 2.05) is 13.8 Å². The van der Waals surface area contributed by atoms with E-state index in [4.69, 9.17) is 5.26 Å². The lowest BCUT2D eigenvalue weighted by molar-refractivity contribution is 0.387. The second-order valence-corrected chi connectivity index (χ2v) is 6.01. The monoisotopic (exact) mass is 222 g/mol. The molecule has 0 aromatic rings. The Morgan fingerprint density at radius 1 is 1.25 bits per heavy atom. The Morgan fingerprint density at radius 3 is 2.69 bits per heavy atom. The zero-order chi connectivity index (χ0) is 12.0. The maximum Gasteiger partial charge on any atom is 0.0684 e. The Hall–Kier alpha value is -0.550. The Kier molecular flexibility index (Phi) is 5.28. The summed E-state index contributed by atoms with van der Waals surface area (Å²) in [5.74, 6) is 0.905. The van der Waals surface area contributed by atoms with Crippen molar-refractivity contribution in [2.75, 3.05) is 6.54 Å². The average molecular weight is 222 g/mol. The van der Waals surface area contributed by atoms with Gasteiger partial charge in [-0.05, 0) is 52.0 Å². The molecular formula is C14H26N2. The molecule has 0 saturated heterocycles. The largest absolute Gasteiger partial charge is 0.314 e. The van der Waals surface area contributed by atoms with Crippen LogP contribution in [0.5, 0.6) is 0 Å². The van der Waals surface area contributed by atoms with Crippen LogP contribution in [0.1, 0.15) is 59.3 Å². The summed E-state index contributed by atoms with van der Waals surface area (Å²) in [5, 5.41) is 12.6. The highest BCUT2D eigenvalue weighted by Gasteiger charge is 2.18. The number of hydrogen-bond donors (Lipinski definition) is 1. The standard InChI is InChI=1S/C14H26N2/c1-12-5-4-6-13(8-7-12)16-10-9-14(2,3)11-15/h12-13,16H,4-10H2,1-3H3. The summed E-state index contributed by atoms with van der Waals surface area (Å²) in [6, 6.07) is 3.05. The first-order chi connectivity index (χ1) is 7.53. The smallest absolute Gasteiger partial charge is 0.0684 e. The molecule has 2 nitrogen and oxygen atoms in total. The van der Waals surface area contributed by atoms with Gasteiger partial charge in [-0.15, -0.1) is 0 Å². The Morgan fingerprint density at radius 2 is 2.00 bits per heavy atom. The third kappa shape index (κ3) is 4.99. The van der Waals surface area contributed by atoms with Crippen LogP contribution in [0.2, 0.25) is 0 Å². The van der Waals surface area contributed by atoms with Gasteiger partial charge >= 0.3 is 0 Å². The van der Waals surface area contributed by atoms with Gasteiger partial charge in [-0.3, -0.25) is 0 Å². The van der Waals surface area contributed by atoms with Gasteiger partial charge in [0, 0.05) is 6.04 Å². The molecule has 16 heavy (non-hydrogen) atoms. The fourth-order valence-electron chi connectivity index (χ4n) is 2.34. The zero-order valence-electron chi connectivity index (χ0n) is 11.1. The van der Waals surface area contributed by atoms with Crippen LogP contribution in [0, 0.1) is 22.7 Å². The second-order valence-electron chi connectivity index (χ2n) is 6.01. The van der Waals surface area contributed by atoms with Crippen molar-refractivity contribution in [2.45, 2.75) is 65.3 Å². The lowest BCUT2D eigenvalue weighted by Gasteiger charge is -2.20. The van der Waals surface area contributed by atoms with Crippen LogP contribution in [-0.4, -0.2) is 12.6 Å². The van der Waals surface area contributed by atoms with Crippen LogP contribution in [0.3, 0.4) is 0 Å². The molecule has 1 aliphatic rings. The van der Waals surface area contributed by atoms with Gasteiger partial charge in [0.05, 0.1) is 11.5 Å². The van der Waals surface area contributed by atoms with E-state index < -0.39 is 0 Å². The Bertz CT molecular complexity index is 240. The molecule has 2 heteroatoms. The van der Waals surface area contributed by atoms with Crippen LogP contribution in [0.25, 0.3) is 0 Å². The van der Waals surface area contributed by atoms with Crippen molar-refractivity contribution in [1.82, 2.24) is 5.32 Å². The van der Waals surface area contributed by atoms with Gasteiger partial charge in [0.2, 0.25) is 0 Å². The molecule has 92 valence electrons. The van der Waals surface area contributed by atoms with E-state index in [9.17, 15) is 0 Å². The second kappa shape index (κ2) is 6.25. The van der Waals surface area contributed by atoms with Gasteiger partial charge in [0.25, 0.3) is 0 Å². The van der Waals surface area contributed by atoms with Gasteiger partial charge in [-0.1, -0.05) is 19.8 Å². The third-order valence-corrected chi connectivity index (χ3v) is 3.74. The van der Waals surface area contributed by atoms with Crippen LogP contribution < -0.4 is 5.32 Å². The molecule has 2 atom stereocenters. The van der Waals surface area contributed by atoms with Crippen molar-refractivity contribution < 1.29 is 0 Å². The molecule has 1 saturated carbocycles. The fraction of sp³-hybridized carbons (Fsp3) is 0.929. The number of nitrogens with zero attached hydrogens (tertiary/aromatic N) is 1. The van der Waals surface area contributed by atoms with Crippen molar-refractivity contribution in [1.29, 1.82) is 5.26 Å². The predicted molar refractivity (Wildman–Crippen MR) is 68.1 cm³/mol. The number of nitrogens with one attached hydrogen (secondary N) is 1. The van der Waals surface area contributed by atoms with Crippen molar-refractivity contribution in [3.63, 3.8) is 0 Å². The first-order valence-corrected chi connectivity index (χ1v) is 6.68. The van der Waals surface area contributed by atoms with Crippen molar-refractivity contribution in [3.8, 4) is 6.07 Å². The molecule has 0 spiro atoms. The van der Waals surface area contributed by atoms with Crippen molar-refractivity contribution in [3.05, 3.63) is 0 Å². The number of nitriles is 1. The highest BCUT2D eigenvalue weighted by atomic mass is 14.9. The van der Waals surface area contributed by atoms with E-state index in [0.29, 0.717) is 6.04 Å². The molecule has 1 aliphatic carbocycles. The minimum Gasteiger partial charge on any atom is -0.314 e. The van der Waals surface area contributed by atoms with Gasteiger partial charge in [0.15, 0.2) is 0 Å². The number of rotatable bonds is 4. The topological polar surface area (TPSA) is 35.8 Å². The summed E-state index contributed by atoms with van der Waals surface area (Å²) in [5.41, 5.74) is -0.176. The summed E-state index contributed by atoms with van der Waals surface area (Å²) >= 11 is 0. The van der Waals surface area contributed by atoms with Gasteiger partial charge in [-0.2, -0.15) is 5.26 Å². The fourth-order valence-corrected chi connectivity index (χ4v) is 2.34. The lowest BCUT2D eigenvalue weighted by Crippen LogP contribution is -2.31. The van der Waals surface area contributed by atoms with Crippen molar-refractivity contribution in [2.24, 2.45) is 11.3 Å². The Balaban J connectivity index is 2.20. The lowest BCUT2D eigenvalue weighted by atomic mass is 9.91. The summed E-state index contributed by atoms with van der Waals surface area (Å²) in [7, 11) is 0. The van der Waals surface area contributed by atoms with E-state index in [1.165, 1.54) is 32.1 Å². The SMILES string of the molecule is CC1CCCC(NCCC(C)(C)C#N)CC1. The summed E-state index contributed by atoms with van der Waals surface area (Å²) < 4.78 is 0. The van der Waals surface area contributed by atoms with E-state index >= 15 is 0 Å². The van der Waals surface area contributed by atoms with Crippen LogP contribution >= 0.6 is 0 Å². The molecule has 0 heterocycles. The molecule has 0 aromatic carbocycles. The molecule has 1 rings (SSSR count). The summed E-state index contributed by atoms with van der Waals surface area (Å²) in [4.78, 5) is 0. The van der Waals surface area contributed by atoms with Gasteiger partial charge in [0.1, 0.15) is 0 Å². The highest BCUT2D eigenvalue weighted by molar-refractivity contribution is 4.92. The maximum absolute atomic E-state index is 8.93. The molecule has 0 amide bonds. The molecule has 0 bridgehead atoms. The predicted octanol–water partition coefficient (Wildman–Crippen LogP) is 3.48. The Labute approximate surface area is 100 Å². The van der Waals surface area contributed by atoms with E-state index in [-0.39, 0.29) is 5.41 Å². The minimum absolute atomic E-state index is 0.176. The first kappa shape index (κ1) is 13.5. The molecular weight excluding hydrogens is 196 g/mol. The van der Waals surface area contributed by atoms with Crippen LogP contribution in [0.15, 0.2) is 0 Å². The number of hydrogen-bond acceptors (Lipinski definition) is 2. The highest BCUT2D eigenvalue weighted by Crippen LogP contribution is 2.23. The summed E-state index contributed by atoms with van der Waals surface area (Å²) in [6.45, 7) is 7.38. The molecule has 0 aromatic heterocycles. The average Bonchev–Trinajstić information content (AvgIpc) is 2.44. The van der Waals surface area contributed by atoms with Crippen molar-refractivity contribution >= 4 is 0 Å². The van der Waals surface area contributed by atoms with Crippen LogP contribution in [0.4, 0.5) is 0 Å². The normalized spacial score (nSPS) is 27.1. The first-order valence-electron chi connectivity index (χ1n) is 6.68. The molecule has 0 aliphatic heterocycles. The minimum atomic E-state index is -0.176. The maximum atomic E-state index is 8.93. The molecule has 1 N–H and O–H groups in total. The van der Waals surface area contributed by atoms with Crippen LogP contribution in [-0.2, 0) is 0 Å². The van der Waals surface area contributed by atoms with E-state index in [1.54, 1.807) is 0 Å². The quantitative estimate of drug-likeness (QED) is 0.739. The summed E-state index contributed by atoms with van der Waals surface area (Å²) in [6.07, 6.45) is 7.70. The molecule has 1 fully saturated rings. The third-order valence-electron chi connectivity index (χ3n) is 3.74. The van der Waals surface area contributed by atoms with E-state index in [0.717, 1.165) is 18.9 Å².